The fraction of sp³-hybridized carbons (Fsp3) is 0.0645. The third-order valence-electron chi connectivity index (χ3n) is 13.9. The van der Waals surface area contributed by atoms with Gasteiger partial charge >= 0.3 is 0 Å². The van der Waals surface area contributed by atoms with Gasteiger partial charge in [0.2, 0.25) is 0 Å². The average molecular weight is 864 g/mol. The number of terminal acetylenes is 1. The molecule has 66 heavy (non-hydrogen) atoms. The van der Waals surface area contributed by atoms with Crippen LogP contribution in [0.2, 0.25) is 0 Å². The highest BCUT2D eigenvalue weighted by Gasteiger charge is 2.52. The van der Waals surface area contributed by atoms with E-state index in [4.69, 9.17) is 15.6 Å². The number of rotatable bonds is 6. The summed E-state index contributed by atoms with van der Waals surface area (Å²) in [5.41, 5.74) is 16.2. The third kappa shape index (κ3) is 5.57. The van der Waals surface area contributed by atoms with Gasteiger partial charge in [0.05, 0.1) is 16.8 Å². The summed E-state index contributed by atoms with van der Waals surface area (Å²) in [7, 11) is 0. The first-order valence-corrected chi connectivity index (χ1v) is 23.4. The molecule has 0 saturated carbocycles. The van der Waals surface area contributed by atoms with E-state index >= 15 is 0 Å². The van der Waals surface area contributed by atoms with E-state index in [2.05, 4.69) is 206 Å². The van der Waals surface area contributed by atoms with Crippen molar-refractivity contribution < 1.29 is 9.15 Å². The minimum atomic E-state index is -0.632. The molecule has 10 aromatic rings. The fourth-order valence-electron chi connectivity index (χ4n) is 11.1. The van der Waals surface area contributed by atoms with E-state index in [-0.39, 0.29) is 0 Å². The second-order valence-electron chi connectivity index (χ2n) is 17.3. The quantitative estimate of drug-likeness (QED) is 0.156. The number of furan rings is 1. The number of hydrogen-bond donors (Lipinski definition) is 0. The molecule has 13 rings (SSSR count). The molecular weight excluding hydrogens is 823 g/mol. The molecule has 0 atom stereocenters. The Kier molecular flexibility index (Phi) is 8.72. The van der Waals surface area contributed by atoms with Crippen LogP contribution in [0, 0.1) is 19.3 Å². The molecule has 4 heteroatoms. The van der Waals surface area contributed by atoms with E-state index < -0.39 is 5.41 Å². The fourth-order valence-corrected chi connectivity index (χ4v) is 12.1. The number of anilines is 2. The number of allylic oxidation sites excluding steroid dienone is 5. The van der Waals surface area contributed by atoms with E-state index in [1.165, 1.54) is 42.8 Å². The van der Waals surface area contributed by atoms with Crippen LogP contribution in [0.4, 0.5) is 11.4 Å². The summed E-state index contributed by atoms with van der Waals surface area (Å²) in [4.78, 5) is 3.51. The number of nitrogens with zero attached hydrogens (tertiary/aromatic N) is 1. The van der Waals surface area contributed by atoms with Crippen LogP contribution in [0.1, 0.15) is 51.1 Å². The molecule has 2 aliphatic carbocycles. The number of benzene rings is 8. The van der Waals surface area contributed by atoms with Gasteiger partial charge in [-0.15, -0.1) is 17.8 Å². The minimum Gasteiger partial charge on any atom is -0.456 e. The number of hydrogen-bond acceptors (Lipinski definition) is 4. The molecule has 3 heterocycles. The highest BCUT2D eigenvalue weighted by Crippen LogP contribution is 2.64. The molecule has 0 amide bonds. The van der Waals surface area contributed by atoms with Gasteiger partial charge in [-0.05, 0) is 101 Å². The Hall–Kier alpha value is -8.10. The van der Waals surface area contributed by atoms with Crippen molar-refractivity contribution in [1.82, 2.24) is 0 Å². The Balaban J connectivity index is 1.16. The van der Waals surface area contributed by atoms with Crippen molar-refractivity contribution in [2.24, 2.45) is 0 Å². The molecule has 0 unspecified atom stereocenters. The van der Waals surface area contributed by atoms with Gasteiger partial charge in [0.15, 0.2) is 0 Å². The number of ether oxygens (including phenoxy) is 1. The van der Waals surface area contributed by atoms with Crippen molar-refractivity contribution in [3.63, 3.8) is 0 Å². The summed E-state index contributed by atoms with van der Waals surface area (Å²) >= 11 is 1.80. The highest BCUT2D eigenvalue weighted by atomic mass is 32.1. The smallest absolute Gasteiger partial charge is 0.143 e. The number of para-hydroxylation sites is 2. The summed E-state index contributed by atoms with van der Waals surface area (Å²) in [6.07, 6.45) is 17.6. The van der Waals surface area contributed by atoms with Gasteiger partial charge in [0.1, 0.15) is 22.7 Å². The molecule has 3 aliphatic rings. The summed E-state index contributed by atoms with van der Waals surface area (Å²) < 4.78 is 15.4. The molecule has 1 aliphatic heterocycles. The van der Waals surface area contributed by atoms with Crippen LogP contribution in [-0.4, -0.2) is 0 Å². The molecule has 0 saturated heterocycles. The van der Waals surface area contributed by atoms with Crippen molar-refractivity contribution in [2.75, 3.05) is 4.90 Å². The summed E-state index contributed by atoms with van der Waals surface area (Å²) in [6, 6.07) is 63.0. The number of aryl methyl sites for hydroxylation is 1. The monoisotopic (exact) mass is 863 g/mol. The van der Waals surface area contributed by atoms with Crippen LogP contribution in [-0.2, 0) is 5.41 Å². The first-order chi connectivity index (χ1) is 32.6. The normalized spacial score (nSPS) is 14.4. The lowest BCUT2D eigenvalue weighted by molar-refractivity contribution is 0.435. The Bertz CT molecular complexity index is 3730. The number of fused-ring (bicyclic) bond motifs is 13. The van der Waals surface area contributed by atoms with Crippen molar-refractivity contribution in [2.45, 2.75) is 25.2 Å². The maximum atomic E-state index is 7.43. The van der Waals surface area contributed by atoms with E-state index in [1.807, 2.05) is 12.1 Å². The summed E-state index contributed by atoms with van der Waals surface area (Å²) in [5.74, 6) is 4.95. The zero-order valence-electron chi connectivity index (χ0n) is 36.2. The van der Waals surface area contributed by atoms with Gasteiger partial charge < -0.3 is 14.1 Å². The van der Waals surface area contributed by atoms with Gasteiger partial charge in [0.25, 0.3) is 0 Å². The van der Waals surface area contributed by atoms with Gasteiger partial charge in [-0.25, -0.2) is 0 Å². The second kappa shape index (κ2) is 15.0. The standard InChI is InChI=1S/C62H41NO2S/c1-3-42(36-48-39(2)66-58-33-19-13-27-47(48)58)63(43-37-49(40-20-6-4-7-21-40)60-50(38-43)46-26-12-17-31-56(46)64-60)55-35-34-54-61(59(55)41-22-8-5-9-23-41)65-57-32-18-16-30-53(57)62(54)51-28-14-10-24-44(51)45-25-11-15-29-52(45)62/h1,4-8,10-22,24-38H,9,23H2,2H3/b42-36+. The topological polar surface area (TPSA) is 25.6 Å². The largest absolute Gasteiger partial charge is 0.456 e. The molecule has 0 fully saturated rings. The van der Waals surface area contributed by atoms with Crippen LogP contribution in [0.3, 0.4) is 0 Å². The van der Waals surface area contributed by atoms with Crippen LogP contribution in [0.15, 0.2) is 204 Å². The van der Waals surface area contributed by atoms with Gasteiger partial charge in [-0.2, -0.15) is 0 Å². The molecule has 0 bridgehead atoms. The average Bonchev–Trinajstić information content (AvgIpc) is 4.01. The summed E-state index contributed by atoms with van der Waals surface area (Å²) in [5, 5.41) is 3.24. The minimum absolute atomic E-state index is 0.632. The molecule has 0 N–H and O–H groups in total. The predicted molar refractivity (Wildman–Crippen MR) is 275 cm³/mol. The second-order valence-corrected chi connectivity index (χ2v) is 18.6. The van der Waals surface area contributed by atoms with E-state index in [9.17, 15) is 0 Å². The number of thiophene rings is 1. The van der Waals surface area contributed by atoms with E-state index in [1.54, 1.807) is 11.3 Å². The molecule has 8 aromatic carbocycles. The molecule has 3 nitrogen and oxygen atoms in total. The Morgan fingerprint density at radius 1 is 0.682 bits per heavy atom. The van der Waals surface area contributed by atoms with Crippen LogP contribution in [0.5, 0.6) is 11.5 Å². The lowest BCUT2D eigenvalue weighted by Gasteiger charge is -2.41. The third-order valence-corrected chi connectivity index (χ3v) is 15.0. The zero-order chi connectivity index (χ0) is 43.9. The van der Waals surface area contributed by atoms with Crippen LogP contribution >= 0.6 is 11.3 Å². The van der Waals surface area contributed by atoms with Gasteiger partial charge in [-0.3, -0.25) is 0 Å². The molecule has 2 aromatic heterocycles. The molecule has 0 radical (unpaired) electrons. The van der Waals surface area contributed by atoms with Gasteiger partial charge in [-0.1, -0.05) is 164 Å². The predicted octanol–water partition coefficient (Wildman–Crippen LogP) is 16.8. The van der Waals surface area contributed by atoms with Crippen molar-refractivity contribution in [3.8, 4) is 46.1 Å². The Labute approximate surface area is 387 Å². The Morgan fingerprint density at radius 3 is 2.15 bits per heavy atom. The first-order valence-electron chi connectivity index (χ1n) is 22.6. The van der Waals surface area contributed by atoms with E-state index in [0.29, 0.717) is 5.70 Å². The Morgan fingerprint density at radius 2 is 1.38 bits per heavy atom. The van der Waals surface area contributed by atoms with Crippen molar-refractivity contribution in [3.05, 3.63) is 238 Å². The SMILES string of the molecule is C#C/C(=C\c1c(C)sc2ccccc12)N(c1cc(-c2ccccc2)c2oc3ccccc3c2c1)c1ccc2c(c1C1=CC=CCC1)Oc1ccccc1C21c2ccccc2-c2ccccc21. The lowest BCUT2D eigenvalue weighted by atomic mass is 9.65. The van der Waals surface area contributed by atoms with Crippen LogP contribution in [0.25, 0.3) is 65.9 Å². The van der Waals surface area contributed by atoms with E-state index in [0.717, 1.165) is 91.0 Å². The first kappa shape index (κ1) is 38.4. The highest BCUT2D eigenvalue weighted by molar-refractivity contribution is 7.19. The van der Waals surface area contributed by atoms with Crippen molar-refractivity contribution >= 4 is 66.4 Å². The molecule has 312 valence electrons. The van der Waals surface area contributed by atoms with Crippen LogP contribution < -0.4 is 9.64 Å². The molecular formula is C62H41NO2S. The summed E-state index contributed by atoms with van der Waals surface area (Å²) in [6.45, 7) is 2.19. The lowest BCUT2D eigenvalue weighted by Crippen LogP contribution is -2.33. The zero-order valence-corrected chi connectivity index (χ0v) is 37.0. The maximum absolute atomic E-state index is 7.43. The van der Waals surface area contributed by atoms with Gasteiger partial charge in [0, 0.05) is 53.7 Å². The van der Waals surface area contributed by atoms with Crippen molar-refractivity contribution in [1.29, 1.82) is 0 Å². The molecule has 1 spiro atoms. The maximum Gasteiger partial charge on any atom is 0.143 e.